The van der Waals surface area contributed by atoms with E-state index < -0.39 is 4.92 Å². The first-order chi connectivity index (χ1) is 10.5. The van der Waals surface area contributed by atoms with Gasteiger partial charge in [-0.15, -0.1) is 0 Å². The minimum Gasteiger partial charge on any atom is -0.490 e. The number of rotatable bonds is 5. The quantitative estimate of drug-likeness (QED) is 0.605. The van der Waals surface area contributed by atoms with Crippen LogP contribution in [-0.4, -0.2) is 11.5 Å². The molecule has 0 N–H and O–H groups in total. The molecule has 2 rings (SSSR count). The Kier molecular flexibility index (Phi) is 4.81. The first-order valence-corrected chi connectivity index (χ1v) is 6.71. The molecule has 0 heterocycles. The molecule has 0 atom stereocenters. The summed E-state index contributed by atoms with van der Waals surface area (Å²) in [4.78, 5) is 10.1. The number of nitro groups is 1. The van der Waals surface area contributed by atoms with Gasteiger partial charge in [0.05, 0.1) is 28.2 Å². The second-order valence-corrected chi connectivity index (χ2v) is 4.59. The van der Waals surface area contributed by atoms with Gasteiger partial charge in [-0.2, -0.15) is 5.26 Å². The molecular weight excluding hydrogens is 308 g/mol. The lowest BCUT2D eigenvalue weighted by Gasteiger charge is -2.12. The number of benzene rings is 2. The molecule has 0 unspecified atom stereocenters. The van der Waals surface area contributed by atoms with Crippen LogP contribution in [0.3, 0.4) is 0 Å². The van der Waals surface area contributed by atoms with Crippen LogP contribution in [0.15, 0.2) is 36.4 Å². The number of nitrogens with zero attached hydrogens (tertiary/aromatic N) is 2. The van der Waals surface area contributed by atoms with Gasteiger partial charge in [0.15, 0.2) is 11.5 Å². The molecule has 2 aromatic rings. The van der Waals surface area contributed by atoms with E-state index in [1.54, 1.807) is 18.2 Å². The summed E-state index contributed by atoms with van der Waals surface area (Å²) in [6, 6.07) is 10.6. The molecule has 6 nitrogen and oxygen atoms in total. The molecule has 0 aliphatic carbocycles. The molecule has 0 amide bonds. The zero-order valence-electron chi connectivity index (χ0n) is 11.6. The van der Waals surface area contributed by atoms with Gasteiger partial charge >= 0.3 is 0 Å². The molecule has 0 saturated carbocycles. The molecule has 0 radical (unpaired) electrons. The Balaban J connectivity index is 2.34. The summed E-state index contributed by atoms with van der Waals surface area (Å²) in [7, 11) is 0. The maximum atomic E-state index is 10.7. The Morgan fingerprint density at radius 3 is 2.55 bits per heavy atom. The van der Waals surface area contributed by atoms with Gasteiger partial charge in [0.25, 0.3) is 5.69 Å². The lowest BCUT2D eigenvalue weighted by molar-refractivity contribution is -0.384. The number of ether oxygens (including phenoxy) is 2. The third-order valence-corrected chi connectivity index (χ3v) is 3.01. The highest BCUT2D eigenvalue weighted by Crippen LogP contribution is 2.37. The van der Waals surface area contributed by atoms with Crippen molar-refractivity contribution >= 4 is 17.3 Å². The topological polar surface area (TPSA) is 85.4 Å². The third kappa shape index (κ3) is 3.45. The summed E-state index contributed by atoms with van der Waals surface area (Å²) in [5, 5.41) is 19.7. The van der Waals surface area contributed by atoms with Gasteiger partial charge in [0, 0.05) is 18.2 Å². The zero-order chi connectivity index (χ0) is 16.1. The van der Waals surface area contributed by atoms with Crippen molar-refractivity contribution in [3.05, 3.63) is 57.1 Å². The average Bonchev–Trinajstić information content (AvgIpc) is 2.50. The van der Waals surface area contributed by atoms with Gasteiger partial charge in [0.2, 0.25) is 0 Å². The molecule has 7 heteroatoms. The van der Waals surface area contributed by atoms with Crippen molar-refractivity contribution in [2.24, 2.45) is 0 Å². The van der Waals surface area contributed by atoms with Gasteiger partial charge in [-0.3, -0.25) is 10.1 Å². The van der Waals surface area contributed by atoms with Crippen LogP contribution in [0, 0.1) is 21.4 Å². The van der Waals surface area contributed by atoms with E-state index in [9.17, 15) is 10.1 Å². The van der Waals surface area contributed by atoms with Gasteiger partial charge in [-0.1, -0.05) is 11.6 Å². The van der Waals surface area contributed by atoms with Crippen molar-refractivity contribution < 1.29 is 14.4 Å². The van der Waals surface area contributed by atoms with E-state index >= 15 is 0 Å². The zero-order valence-corrected chi connectivity index (χ0v) is 12.3. The molecule has 0 saturated heterocycles. The minimum absolute atomic E-state index is 0.112. The van der Waals surface area contributed by atoms with Crippen molar-refractivity contribution in [3.8, 4) is 23.3 Å². The minimum atomic E-state index is -0.539. The molecular formula is C15H11ClN2O4. The Labute approximate surface area is 131 Å². The average molecular weight is 319 g/mol. The van der Waals surface area contributed by atoms with E-state index in [1.165, 1.54) is 18.2 Å². The number of hydrogen-bond donors (Lipinski definition) is 0. The van der Waals surface area contributed by atoms with Crippen LogP contribution >= 0.6 is 11.6 Å². The lowest BCUT2D eigenvalue weighted by atomic mass is 10.2. The second-order valence-electron chi connectivity index (χ2n) is 4.18. The molecule has 112 valence electrons. The number of nitriles is 1. The van der Waals surface area contributed by atoms with Crippen LogP contribution in [0.2, 0.25) is 5.02 Å². The summed E-state index contributed by atoms with van der Waals surface area (Å²) in [5.74, 6) is 1.03. The van der Waals surface area contributed by atoms with Gasteiger partial charge < -0.3 is 9.47 Å². The van der Waals surface area contributed by atoms with Crippen LogP contribution in [0.25, 0.3) is 0 Å². The molecule has 22 heavy (non-hydrogen) atoms. The normalized spacial score (nSPS) is 9.86. The molecule has 0 aromatic heterocycles. The summed E-state index contributed by atoms with van der Waals surface area (Å²) in [6.07, 6.45) is 0. The van der Waals surface area contributed by atoms with Gasteiger partial charge in [0.1, 0.15) is 5.75 Å². The highest BCUT2D eigenvalue weighted by molar-refractivity contribution is 6.32. The monoisotopic (exact) mass is 318 g/mol. The largest absolute Gasteiger partial charge is 0.490 e. The van der Waals surface area contributed by atoms with Crippen LogP contribution in [0.5, 0.6) is 17.2 Å². The van der Waals surface area contributed by atoms with E-state index in [-0.39, 0.29) is 16.5 Å². The fourth-order valence-electron chi connectivity index (χ4n) is 1.73. The first kappa shape index (κ1) is 15.6. The molecule has 0 spiro atoms. The number of halogens is 1. The second kappa shape index (κ2) is 6.78. The summed E-state index contributed by atoms with van der Waals surface area (Å²) >= 11 is 5.99. The fraction of sp³-hybridized carbons (Fsp3) is 0.133. The Morgan fingerprint density at radius 2 is 1.95 bits per heavy atom. The molecule has 2 aromatic carbocycles. The van der Waals surface area contributed by atoms with E-state index in [0.717, 1.165) is 0 Å². The maximum absolute atomic E-state index is 10.7. The molecule has 0 bridgehead atoms. The number of non-ortho nitro benzene ring substituents is 1. The summed E-state index contributed by atoms with van der Waals surface area (Å²) in [5.41, 5.74) is 0.313. The predicted molar refractivity (Wildman–Crippen MR) is 80.5 cm³/mol. The number of hydrogen-bond acceptors (Lipinski definition) is 5. The summed E-state index contributed by atoms with van der Waals surface area (Å²) in [6.45, 7) is 2.21. The van der Waals surface area contributed by atoms with Gasteiger partial charge in [-0.05, 0) is 25.1 Å². The molecule has 0 aliphatic heterocycles. The standard InChI is InChI=1S/C15H11ClN2O4/c1-2-21-15-7-10(9-17)3-5-14(15)22-13-6-4-11(18(19)20)8-12(13)16/h3-8H,2H2,1H3. The van der Waals surface area contributed by atoms with Gasteiger partial charge in [-0.25, -0.2) is 0 Å². The maximum Gasteiger partial charge on any atom is 0.271 e. The predicted octanol–water partition coefficient (Wildman–Crippen LogP) is 4.31. The fourth-order valence-corrected chi connectivity index (χ4v) is 1.95. The number of nitro benzene ring substituents is 1. The third-order valence-electron chi connectivity index (χ3n) is 2.72. The molecule has 0 fully saturated rings. The Hall–Kier alpha value is -2.78. The van der Waals surface area contributed by atoms with Crippen LogP contribution in [0.1, 0.15) is 12.5 Å². The van der Waals surface area contributed by atoms with E-state index in [2.05, 4.69) is 0 Å². The highest BCUT2D eigenvalue weighted by atomic mass is 35.5. The van der Waals surface area contributed by atoms with Crippen LogP contribution in [0.4, 0.5) is 5.69 Å². The first-order valence-electron chi connectivity index (χ1n) is 6.34. The van der Waals surface area contributed by atoms with Crippen molar-refractivity contribution in [3.63, 3.8) is 0 Å². The SMILES string of the molecule is CCOc1cc(C#N)ccc1Oc1ccc([N+](=O)[O-])cc1Cl. The van der Waals surface area contributed by atoms with Crippen molar-refractivity contribution in [1.29, 1.82) is 5.26 Å². The van der Waals surface area contributed by atoms with E-state index in [0.29, 0.717) is 23.7 Å². The molecule has 0 aliphatic rings. The highest BCUT2D eigenvalue weighted by Gasteiger charge is 2.13. The van der Waals surface area contributed by atoms with Crippen molar-refractivity contribution in [2.75, 3.05) is 6.61 Å². The summed E-state index contributed by atoms with van der Waals surface area (Å²) < 4.78 is 11.1. The van der Waals surface area contributed by atoms with Crippen molar-refractivity contribution in [2.45, 2.75) is 6.92 Å². The van der Waals surface area contributed by atoms with Crippen LogP contribution in [-0.2, 0) is 0 Å². The van der Waals surface area contributed by atoms with Crippen LogP contribution < -0.4 is 9.47 Å². The van der Waals surface area contributed by atoms with E-state index in [4.69, 9.17) is 26.3 Å². The lowest BCUT2D eigenvalue weighted by Crippen LogP contribution is -1.96. The van der Waals surface area contributed by atoms with Crippen molar-refractivity contribution in [1.82, 2.24) is 0 Å². The Bertz CT molecular complexity index is 756. The smallest absolute Gasteiger partial charge is 0.271 e. The Morgan fingerprint density at radius 1 is 1.23 bits per heavy atom. The van der Waals surface area contributed by atoms with E-state index in [1.807, 2.05) is 13.0 Å².